The maximum Gasteiger partial charge on any atom is 0.256 e. The van der Waals surface area contributed by atoms with Gasteiger partial charge in [-0.05, 0) is 36.8 Å². The van der Waals surface area contributed by atoms with Crippen molar-refractivity contribution in [2.24, 2.45) is 0 Å². The van der Waals surface area contributed by atoms with E-state index in [-0.39, 0.29) is 12.1 Å². The first-order valence-electron chi connectivity index (χ1n) is 5.77. The molecular weight excluding hydrogens is 228 g/mol. The van der Waals surface area contributed by atoms with Gasteiger partial charge in [0.15, 0.2) is 6.23 Å². The highest BCUT2D eigenvalue weighted by Crippen LogP contribution is 2.15. The number of benzene rings is 1. The summed E-state index contributed by atoms with van der Waals surface area (Å²) < 4.78 is 5.26. The fourth-order valence-corrected chi connectivity index (χ4v) is 1.93. The number of carbonyl (C=O) groups excluding carboxylic acids is 1. The largest absolute Gasteiger partial charge is 0.358 e. The van der Waals surface area contributed by atoms with Gasteiger partial charge in [-0.2, -0.15) is 5.26 Å². The van der Waals surface area contributed by atoms with Gasteiger partial charge in [-0.3, -0.25) is 4.79 Å². The van der Waals surface area contributed by atoms with E-state index in [1.807, 2.05) is 18.2 Å². The van der Waals surface area contributed by atoms with Crippen molar-refractivity contribution in [3.63, 3.8) is 0 Å². The molecule has 2 rings (SSSR count). The van der Waals surface area contributed by atoms with Gasteiger partial charge < -0.3 is 9.64 Å². The summed E-state index contributed by atoms with van der Waals surface area (Å²) in [6.07, 6.45) is 4.42. The molecule has 92 valence electrons. The Morgan fingerprint density at radius 2 is 2.17 bits per heavy atom. The molecule has 18 heavy (non-hydrogen) atoms. The van der Waals surface area contributed by atoms with Gasteiger partial charge in [0.25, 0.3) is 5.91 Å². The van der Waals surface area contributed by atoms with Crippen molar-refractivity contribution < 1.29 is 9.53 Å². The summed E-state index contributed by atoms with van der Waals surface area (Å²) in [4.78, 5) is 14.0. The summed E-state index contributed by atoms with van der Waals surface area (Å²) in [6.45, 7) is 0.647. The molecule has 0 saturated heterocycles. The van der Waals surface area contributed by atoms with Crippen LogP contribution in [0.4, 0.5) is 0 Å². The summed E-state index contributed by atoms with van der Waals surface area (Å²) in [5.41, 5.74) is 1.12. The van der Waals surface area contributed by atoms with Crippen LogP contribution >= 0.6 is 0 Å². The van der Waals surface area contributed by atoms with Gasteiger partial charge in [0, 0.05) is 19.2 Å². The topological polar surface area (TPSA) is 53.3 Å². The average molecular weight is 242 g/mol. The summed E-state index contributed by atoms with van der Waals surface area (Å²) >= 11 is 0. The van der Waals surface area contributed by atoms with Crippen LogP contribution in [-0.2, 0) is 4.74 Å². The molecule has 1 unspecified atom stereocenters. The lowest BCUT2D eigenvalue weighted by Crippen LogP contribution is -2.42. The number of nitrogens with zero attached hydrogens (tertiary/aromatic N) is 2. The third-order valence-electron chi connectivity index (χ3n) is 2.91. The second kappa shape index (κ2) is 5.48. The number of nitriles is 1. The number of carbonyl (C=O) groups is 1. The van der Waals surface area contributed by atoms with E-state index in [0.29, 0.717) is 17.7 Å². The molecule has 1 aliphatic heterocycles. The first-order valence-corrected chi connectivity index (χ1v) is 5.77. The van der Waals surface area contributed by atoms with Crippen molar-refractivity contribution in [2.45, 2.75) is 12.6 Å². The number of rotatable bonds is 2. The molecule has 1 heterocycles. The molecular formula is C14H14N2O2. The molecule has 0 saturated carbocycles. The lowest BCUT2D eigenvalue weighted by molar-refractivity contribution is 0.00329. The third kappa shape index (κ3) is 2.41. The zero-order valence-corrected chi connectivity index (χ0v) is 10.2. The van der Waals surface area contributed by atoms with E-state index in [4.69, 9.17) is 10.00 Å². The van der Waals surface area contributed by atoms with E-state index >= 15 is 0 Å². The zero-order chi connectivity index (χ0) is 13.0. The van der Waals surface area contributed by atoms with Crippen molar-refractivity contribution in [3.8, 4) is 6.07 Å². The highest BCUT2D eigenvalue weighted by atomic mass is 16.5. The molecule has 0 bridgehead atoms. The van der Waals surface area contributed by atoms with E-state index in [1.54, 1.807) is 36.3 Å². The quantitative estimate of drug-likeness (QED) is 0.745. The summed E-state index contributed by atoms with van der Waals surface area (Å²) in [5, 5.41) is 8.72. The minimum absolute atomic E-state index is 0.0734. The summed E-state index contributed by atoms with van der Waals surface area (Å²) in [6, 6.07) is 8.67. The van der Waals surface area contributed by atoms with E-state index in [2.05, 4.69) is 0 Å². The van der Waals surface area contributed by atoms with Crippen LogP contribution in [0.25, 0.3) is 0 Å². The molecule has 0 N–H and O–H groups in total. The maximum atomic E-state index is 12.3. The van der Waals surface area contributed by atoms with Gasteiger partial charge in [-0.1, -0.05) is 6.08 Å². The van der Waals surface area contributed by atoms with Gasteiger partial charge in [-0.15, -0.1) is 0 Å². The van der Waals surface area contributed by atoms with Crippen LogP contribution in [0.3, 0.4) is 0 Å². The Kier molecular flexibility index (Phi) is 3.75. The Morgan fingerprint density at radius 3 is 2.78 bits per heavy atom. The van der Waals surface area contributed by atoms with E-state index in [1.165, 1.54) is 0 Å². The fraction of sp³-hybridized carbons (Fsp3) is 0.286. The molecule has 0 fully saturated rings. The Bertz CT molecular complexity index is 500. The lowest BCUT2D eigenvalue weighted by atomic mass is 10.1. The minimum atomic E-state index is -0.304. The van der Waals surface area contributed by atoms with Gasteiger partial charge in [0.05, 0.1) is 11.6 Å². The van der Waals surface area contributed by atoms with Gasteiger partial charge >= 0.3 is 0 Å². The number of amides is 1. The van der Waals surface area contributed by atoms with Crippen LogP contribution in [-0.4, -0.2) is 30.7 Å². The van der Waals surface area contributed by atoms with Gasteiger partial charge in [-0.25, -0.2) is 0 Å². The van der Waals surface area contributed by atoms with E-state index in [0.717, 1.165) is 6.42 Å². The Hall–Kier alpha value is -2.12. The van der Waals surface area contributed by atoms with Crippen molar-refractivity contribution in [1.29, 1.82) is 5.26 Å². The number of methoxy groups -OCH3 is 1. The molecule has 0 aliphatic carbocycles. The summed E-state index contributed by atoms with van der Waals surface area (Å²) in [5.74, 6) is -0.0734. The minimum Gasteiger partial charge on any atom is -0.358 e. The molecule has 4 heteroatoms. The molecule has 4 nitrogen and oxygen atoms in total. The lowest BCUT2D eigenvalue weighted by Gasteiger charge is -2.31. The van der Waals surface area contributed by atoms with Crippen LogP contribution in [0.2, 0.25) is 0 Å². The van der Waals surface area contributed by atoms with Gasteiger partial charge in [0.2, 0.25) is 0 Å². The third-order valence-corrected chi connectivity index (χ3v) is 2.91. The second-order valence-corrected chi connectivity index (χ2v) is 4.03. The predicted molar refractivity (Wildman–Crippen MR) is 66.7 cm³/mol. The van der Waals surface area contributed by atoms with Crippen molar-refractivity contribution in [3.05, 3.63) is 47.5 Å². The predicted octanol–water partition coefficient (Wildman–Crippen LogP) is 1.93. The molecule has 0 radical (unpaired) electrons. The Labute approximate surface area is 106 Å². The molecule has 1 aromatic rings. The van der Waals surface area contributed by atoms with E-state index in [9.17, 15) is 4.79 Å². The van der Waals surface area contributed by atoms with Crippen LogP contribution in [0.5, 0.6) is 0 Å². The van der Waals surface area contributed by atoms with Crippen LogP contribution < -0.4 is 0 Å². The standard InChI is InChI=1S/C14H14N2O2/c1-18-13-4-2-3-9-16(13)14(17)12-7-5-11(10-15)6-8-12/h2,4-8,13H,3,9H2,1H3. The normalized spacial score (nSPS) is 18.4. The number of hydrogen-bond acceptors (Lipinski definition) is 3. The van der Waals surface area contributed by atoms with Crippen LogP contribution in [0.15, 0.2) is 36.4 Å². The first-order chi connectivity index (χ1) is 8.76. The molecule has 1 amide bonds. The number of ether oxygens (including phenoxy) is 1. The molecule has 1 aromatic carbocycles. The zero-order valence-electron chi connectivity index (χ0n) is 10.2. The highest BCUT2D eigenvalue weighted by Gasteiger charge is 2.24. The maximum absolute atomic E-state index is 12.3. The first kappa shape index (κ1) is 12.3. The van der Waals surface area contributed by atoms with E-state index < -0.39 is 0 Å². The highest BCUT2D eigenvalue weighted by molar-refractivity contribution is 5.94. The molecule has 0 aromatic heterocycles. The van der Waals surface area contributed by atoms with Crippen LogP contribution in [0, 0.1) is 11.3 Å². The Balaban J connectivity index is 2.19. The van der Waals surface area contributed by atoms with Crippen molar-refractivity contribution in [2.75, 3.05) is 13.7 Å². The van der Waals surface area contributed by atoms with Crippen molar-refractivity contribution in [1.82, 2.24) is 4.90 Å². The second-order valence-electron chi connectivity index (χ2n) is 4.03. The molecule has 1 aliphatic rings. The molecule has 0 spiro atoms. The Morgan fingerprint density at radius 1 is 1.44 bits per heavy atom. The SMILES string of the molecule is COC1C=CCCN1C(=O)c1ccc(C#N)cc1. The van der Waals surface area contributed by atoms with Gasteiger partial charge in [0.1, 0.15) is 0 Å². The fourth-order valence-electron chi connectivity index (χ4n) is 1.93. The summed E-state index contributed by atoms with van der Waals surface area (Å²) in [7, 11) is 1.58. The molecule has 1 atom stereocenters. The average Bonchev–Trinajstić information content (AvgIpc) is 2.46. The van der Waals surface area contributed by atoms with Crippen LogP contribution in [0.1, 0.15) is 22.3 Å². The van der Waals surface area contributed by atoms with Crippen molar-refractivity contribution >= 4 is 5.91 Å². The smallest absolute Gasteiger partial charge is 0.256 e. The number of hydrogen-bond donors (Lipinski definition) is 0. The monoisotopic (exact) mass is 242 g/mol.